The summed E-state index contributed by atoms with van der Waals surface area (Å²) in [5.74, 6) is 0. The highest BCUT2D eigenvalue weighted by atomic mass is 19.4. The Morgan fingerprint density at radius 1 is 1.08 bits per heavy atom. The minimum Gasteiger partial charge on any atom is -0.327 e. The van der Waals surface area contributed by atoms with Crippen molar-refractivity contribution in [1.82, 2.24) is 0 Å². The first kappa shape index (κ1) is 11.8. The van der Waals surface area contributed by atoms with Crippen LogP contribution in [0.3, 0.4) is 0 Å². The fraction of sp³-hybridized carbons (Fsp3) is 1.00. The molecule has 1 nitrogen and oxygen atoms in total. The fourth-order valence-electron chi connectivity index (χ4n) is 1.16. The van der Waals surface area contributed by atoms with Crippen LogP contribution in [0.4, 0.5) is 13.2 Å². The lowest BCUT2D eigenvalue weighted by molar-refractivity contribution is -0.139. The van der Waals surface area contributed by atoms with Gasteiger partial charge in [0.1, 0.15) is 0 Å². The van der Waals surface area contributed by atoms with Gasteiger partial charge >= 0.3 is 6.18 Å². The van der Waals surface area contributed by atoms with Crippen LogP contribution in [0, 0.1) is 5.41 Å². The molecule has 0 saturated carbocycles. The minimum atomic E-state index is -4.13. The molecule has 0 aliphatic heterocycles. The SMILES string of the molecule is CC(C)(C)CC(N)CC(F)(F)F. The van der Waals surface area contributed by atoms with E-state index in [4.69, 9.17) is 5.73 Å². The predicted octanol–water partition coefficient (Wildman–Crippen LogP) is 2.70. The Labute approximate surface area is 71.1 Å². The van der Waals surface area contributed by atoms with Gasteiger partial charge in [0.2, 0.25) is 0 Å². The number of nitrogens with two attached hydrogens (primary N) is 1. The zero-order valence-electron chi connectivity index (χ0n) is 7.70. The molecule has 0 aliphatic carbocycles. The zero-order valence-corrected chi connectivity index (χ0v) is 7.70. The molecule has 0 aromatic carbocycles. The van der Waals surface area contributed by atoms with Gasteiger partial charge < -0.3 is 5.73 Å². The van der Waals surface area contributed by atoms with Crippen molar-refractivity contribution in [2.24, 2.45) is 11.1 Å². The van der Waals surface area contributed by atoms with E-state index in [9.17, 15) is 13.2 Å². The number of rotatable bonds is 2. The van der Waals surface area contributed by atoms with E-state index in [1.165, 1.54) is 0 Å². The van der Waals surface area contributed by atoms with Gasteiger partial charge in [0.25, 0.3) is 0 Å². The lowest BCUT2D eigenvalue weighted by atomic mass is 9.87. The van der Waals surface area contributed by atoms with Crippen LogP contribution in [0.5, 0.6) is 0 Å². The normalized spacial score (nSPS) is 16.2. The Kier molecular flexibility index (Phi) is 3.57. The summed E-state index contributed by atoms with van der Waals surface area (Å²) >= 11 is 0. The lowest BCUT2D eigenvalue weighted by Gasteiger charge is -2.23. The standard InChI is InChI=1S/C8H16F3N/c1-7(2,3)4-6(12)5-8(9,10)11/h6H,4-5,12H2,1-3H3. The third-order valence-corrected chi connectivity index (χ3v) is 1.37. The second-order valence-corrected chi connectivity index (χ2v) is 4.34. The van der Waals surface area contributed by atoms with Crippen LogP contribution in [0.2, 0.25) is 0 Å². The topological polar surface area (TPSA) is 26.0 Å². The molecule has 0 saturated heterocycles. The molecule has 0 fully saturated rings. The Bertz CT molecular complexity index is 118. The Hall–Kier alpha value is -0.250. The largest absolute Gasteiger partial charge is 0.390 e. The van der Waals surface area contributed by atoms with Crippen molar-refractivity contribution < 1.29 is 13.2 Å². The molecular formula is C8H16F3N. The molecule has 0 bridgehead atoms. The van der Waals surface area contributed by atoms with Crippen LogP contribution in [0.15, 0.2) is 0 Å². The van der Waals surface area contributed by atoms with E-state index in [-0.39, 0.29) is 5.41 Å². The molecule has 0 heterocycles. The summed E-state index contributed by atoms with van der Waals surface area (Å²) < 4.78 is 35.4. The fourth-order valence-corrected chi connectivity index (χ4v) is 1.16. The van der Waals surface area contributed by atoms with Gasteiger partial charge in [0.05, 0.1) is 6.42 Å². The van der Waals surface area contributed by atoms with Gasteiger partial charge in [-0.1, -0.05) is 20.8 Å². The lowest BCUT2D eigenvalue weighted by Crippen LogP contribution is -2.31. The van der Waals surface area contributed by atoms with Gasteiger partial charge in [-0.3, -0.25) is 0 Å². The molecule has 0 aliphatic rings. The third-order valence-electron chi connectivity index (χ3n) is 1.37. The van der Waals surface area contributed by atoms with Crippen molar-refractivity contribution >= 4 is 0 Å². The molecule has 74 valence electrons. The summed E-state index contributed by atoms with van der Waals surface area (Å²) in [5, 5.41) is 0. The summed E-state index contributed by atoms with van der Waals surface area (Å²) in [6.07, 6.45) is -4.62. The van der Waals surface area contributed by atoms with E-state index < -0.39 is 18.6 Å². The summed E-state index contributed by atoms with van der Waals surface area (Å²) in [4.78, 5) is 0. The molecule has 0 amide bonds. The summed E-state index contributed by atoms with van der Waals surface area (Å²) in [7, 11) is 0. The highest BCUT2D eigenvalue weighted by Gasteiger charge is 2.31. The summed E-state index contributed by atoms with van der Waals surface area (Å²) in [5.41, 5.74) is 5.19. The third kappa shape index (κ3) is 7.85. The first-order chi connectivity index (χ1) is 5.10. The summed E-state index contributed by atoms with van der Waals surface area (Å²) in [6.45, 7) is 5.63. The first-order valence-electron chi connectivity index (χ1n) is 3.92. The van der Waals surface area contributed by atoms with Gasteiger partial charge in [-0.25, -0.2) is 0 Å². The molecular weight excluding hydrogens is 167 g/mol. The Balaban J connectivity index is 3.83. The molecule has 2 N–H and O–H groups in total. The van der Waals surface area contributed by atoms with Crippen molar-refractivity contribution in [1.29, 1.82) is 0 Å². The average molecular weight is 183 g/mol. The van der Waals surface area contributed by atoms with Crippen molar-refractivity contribution in [3.63, 3.8) is 0 Å². The number of alkyl halides is 3. The van der Waals surface area contributed by atoms with Crippen molar-refractivity contribution in [3.8, 4) is 0 Å². The molecule has 0 aromatic rings. The highest BCUT2D eigenvalue weighted by molar-refractivity contribution is 4.73. The van der Waals surface area contributed by atoms with Crippen LogP contribution in [-0.4, -0.2) is 12.2 Å². The monoisotopic (exact) mass is 183 g/mol. The predicted molar refractivity (Wildman–Crippen MR) is 42.7 cm³/mol. The van der Waals surface area contributed by atoms with E-state index >= 15 is 0 Å². The van der Waals surface area contributed by atoms with Crippen molar-refractivity contribution in [2.45, 2.75) is 45.8 Å². The van der Waals surface area contributed by atoms with E-state index in [0.29, 0.717) is 6.42 Å². The quantitative estimate of drug-likeness (QED) is 0.699. The molecule has 0 aromatic heterocycles. The first-order valence-corrected chi connectivity index (χ1v) is 3.92. The maximum absolute atomic E-state index is 11.8. The van der Waals surface area contributed by atoms with Gasteiger partial charge in [-0.15, -0.1) is 0 Å². The smallest absolute Gasteiger partial charge is 0.327 e. The van der Waals surface area contributed by atoms with Crippen molar-refractivity contribution in [3.05, 3.63) is 0 Å². The highest BCUT2D eigenvalue weighted by Crippen LogP contribution is 2.27. The van der Waals surface area contributed by atoms with Crippen LogP contribution >= 0.6 is 0 Å². The molecule has 4 heteroatoms. The molecule has 1 atom stereocenters. The van der Waals surface area contributed by atoms with Crippen LogP contribution < -0.4 is 5.73 Å². The maximum Gasteiger partial charge on any atom is 0.390 e. The zero-order chi connectivity index (χ0) is 9.99. The molecule has 0 radical (unpaired) electrons. The molecule has 1 unspecified atom stereocenters. The Morgan fingerprint density at radius 3 is 1.75 bits per heavy atom. The van der Waals surface area contributed by atoms with Crippen LogP contribution in [0.25, 0.3) is 0 Å². The van der Waals surface area contributed by atoms with E-state index in [0.717, 1.165) is 0 Å². The second kappa shape index (κ2) is 3.64. The number of halogens is 3. The minimum absolute atomic E-state index is 0.134. The molecule has 0 rings (SSSR count). The summed E-state index contributed by atoms with van der Waals surface area (Å²) in [6, 6.07) is -0.773. The van der Waals surface area contributed by atoms with E-state index in [2.05, 4.69) is 0 Å². The average Bonchev–Trinajstić information content (AvgIpc) is 1.49. The molecule has 0 spiro atoms. The van der Waals surface area contributed by atoms with Gasteiger partial charge in [-0.05, 0) is 11.8 Å². The van der Waals surface area contributed by atoms with Crippen molar-refractivity contribution in [2.75, 3.05) is 0 Å². The van der Waals surface area contributed by atoms with Gasteiger partial charge in [0.15, 0.2) is 0 Å². The number of hydrogen-bond acceptors (Lipinski definition) is 1. The van der Waals surface area contributed by atoms with E-state index in [1.807, 2.05) is 20.8 Å². The molecule has 12 heavy (non-hydrogen) atoms. The van der Waals surface area contributed by atoms with Gasteiger partial charge in [0, 0.05) is 6.04 Å². The van der Waals surface area contributed by atoms with E-state index in [1.54, 1.807) is 0 Å². The Morgan fingerprint density at radius 2 is 1.50 bits per heavy atom. The van der Waals surface area contributed by atoms with Crippen LogP contribution in [-0.2, 0) is 0 Å². The number of hydrogen-bond donors (Lipinski definition) is 1. The van der Waals surface area contributed by atoms with Gasteiger partial charge in [-0.2, -0.15) is 13.2 Å². The van der Waals surface area contributed by atoms with Crippen LogP contribution in [0.1, 0.15) is 33.6 Å². The maximum atomic E-state index is 11.8. The second-order valence-electron chi connectivity index (χ2n) is 4.34.